The highest BCUT2D eigenvalue weighted by Crippen LogP contribution is 2.32. The Labute approximate surface area is 169 Å². The summed E-state index contributed by atoms with van der Waals surface area (Å²) in [7, 11) is 0. The Morgan fingerprint density at radius 2 is 2.04 bits per heavy atom. The minimum Gasteiger partial charge on any atom is -0.444 e. The van der Waals surface area contributed by atoms with Crippen molar-refractivity contribution in [1.29, 1.82) is 0 Å². The summed E-state index contributed by atoms with van der Waals surface area (Å²) in [4.78, 5) is 27.4. The SMILES string of the molecule is CC(C)(C)OC(=O)NC1CCCCC/C=C\C2CC2NC(=O)C2CCCN2C1. The molecule has 4 unspecified atom stereocenters. The Hall–Kier alpha value is -1.56. The molecule has 0 aromatic heterocycles. The average Bonchev–Trinajstić information content (AvgIpc) is 3.13. The largest absolute Gasteiger partial charge is 0.444 e. The van der Waals surface area contributed by atoms with Gasteiger partial charge in [0, 0.05) is 18.6 Å². The summed E-state index contributed by atoms with van der Waals surface area (Å²) in [6.07, 6.45) is 12.6. The molecule has 2 amide bonds. The van der Waals surface area contributed by atoms with Crippen LogP contribution in [0, 0.1) is 5.92 Å². The molecule has 0 aromatic carbocycles. The second kappa shape index (κ2) is 9.29. The number of amides is 2. The summed E-state index contributed by atoms with van der Waals surface area (Å²) in [5.74, 6) is 0.676. The molecule has 158 valence electrons. The highest BCUT2D eigenvalue weighted by atomic mass is 16.6. The molecule has 28 heavy (non-hydrogen) atoms. The van der Waals surface area contributed by atoms with Gasteiger partial charge in [0.1, 0.15) is 5.60 Å². The normalized spacial score (nSPS) is 33.5. The molecule has 1 saturated heterocycles. The third-order valence-corrected chi connectivity index (χ3v) is 5.82. The smallest absolute Gasteiger partial charge is 0.407 e. The molecule has 3 aliphatic rings. The Morgan fingerprint density at radius 1 is 1.21 bits per heavy atom. The lowest BCUT2D eigenvalue weighted by atomic mass is 10.1. The molecular weight excluding hydrogens is 354 g/mol. The topological polar surface area (TPSA) is 70.7 Å². The maximum absolute atomic E-state index is 12.8. The number of hydrogen-bond acceptors (Lipinski definition) is 4. The summed E-state index contributed by atoms with van der Waals surface area (Å²) in [6, 6.07) is 0.253. The molecule has 1 aliphatic carbocycles. The van der Waals surface area contributed by atoms with Gasteiger partial charge in [-0.05, 0) is 71.8 Å². The van der Waals surface area contributed by atoms with Crippen molar-refractivity contribution in [3.63, 3.8) is 0 Å². The number of fused-ring (bicyclic) bond motifs is 2. The zero-order valence-corrected chi connectivity index (χ0v) is 17.7. The van der Waals surface area contributed by atoms with E-state index in [1.165, 1.54) is 6.42 Å². The highest BCUT2D eigenvalue weighted by Gasteiger charge is 2.40. The molecular formula is C22H37N3O3. The lowest BCUT2D eigenvalue weighted by Crippen LogP contribution is -2.50. The molecule has 6 nitrogen and oxygen atoms in total. The number of rotatable bonds is 1. The van der Waals surface area contributed by atoms with Gasteiger partial charge >= 0.3 is 6.09 Å². The molecule has 2 aliphatic heterocycles. The van der Waals surface area contributed by atoms with Crippen molar-refractivity contribution in [3.05, 3.63) is 12.2 Å². The molecule has 0 bridgehead atoms. The number of ether oxygens (including phenoxy) is 1. The van der Waals surface area contributed by atoms with Gasteiger partial charge in [0.05, 0.1) is 6.04 Å². The number of hydrogen-bond donors (Lipinski definition) is 2. The predicted octanol–water partition coefficient (Wildman–Crippen LogP) is 3.37. The fourth-order valence-electron chi connectivity index (χ4n) is 4.28. The number of carbonyl (C=O) groups is 2. The number of alkyl carbamates (subject to hydrolysis) is 1. The van der Waals surface area contributed by atoms with E-state index in [0.717, 1.165) is 51.5 Å². The first-order valence-corrected chi connectivity index (χ1v) is 11.0. The van der Waals surface area contributed by atoms with Crippen LogP contribution >= 0.6 is 0 Å². The van der Waals surface area contributed by atoms with Gasteiger partial charge in [-0.2, -0.15) is 0 Å². The van der Waals surface area contributed by atoms with Crippen LogP contribution in [-0.2, 0) is 9.53 Å². The van der Waals surface area contributed by atoms with Gasteiger partial charge in [-0.1, -0.05) is 25.0 Å². The summed E-state index contributed by atoms with van der Waals surface area (Å²) in [6.45, 7) is 7.26. The quantitative estimate of drug-likeness (QED) is 0.673. The number of nitrogens with zero attached hydrogens (tertiary/aromatic N) is 1. The van der Waals surface area contributed by atoms with E-state index in [9.17, 15) is 9.59 Å². The Kier molecular flexibility index (Phi) is 7.02. The third-order valence-electron chi connectivity index (χ3n) is 5.82. The van der Waals surface area contributed by atoms with E-state index in [1.807, 2.05) is 20.8 Å². The molecule has 6 heteroatoms. The molecule has 0 radical (unpaired) electrons. The Bertz CT molecular complexity index is 584. The van der Waals surface area contributed by atoms with E-state index in [2.05, 4.69) is 27.7 Å². The minimum atomic E-state index is -0.507. The Balaban J connectivity index is 1.64. The maximum atomic E-state index is 12.8. The second-order valence-corrected chi connectivity index (χ2v) is 9.58. The van der Waals surface area contributed by atoms with Crippen molar-refractivity contribution in [2.24, 2.45) is 5.92 Å². The van der Waals surface area contributed by atoms with E-state index < -0.39 is 5.60 Å². The molecule has 2 fully saturated rings. The van der Waals surface area contributed by atoms with Crippen LogP contribution in [0.25, 0.3) is 0 Å². The van der Waals surface area contributed by atoms with Crippen LogP contribution in [0.1, 0.15) is 72.1 Å². The van der Waals surface area contributed by atoms with Crippen LogP contribution in [0.3, 0.4) is 0 Å². The number of allylic oxidation sites excluding steroid dienone is 1. The van der Waals surface area contributed by atoms with Gasteiger partial charge in [0.2, 0.25) is 5.91 Å². The minimum absolute atomic E-state index is 0.0117. The molecule has 0 spiro atoms. The zero-order valence-electron chi connectivity index (χ0n) is 17.7. The summed E-state index contributed by atoms with van der Waals surface area (Å²) < 4.78 is 5.46. The lowest BCUT2D eigenvalue weighted by Gasteiger charge is -2.30. The monoisotopic (exact) mass is 391 g/mol. The lowest BCUT2D eigenvalue weighted by molar-refractivity contribution is -0.125. The van der Waals surface area contributed by atoms with E-state index in [1.54, 1.807) is 0 Å². The maximum Gasteiger partial charge on any atom is 0.407 e. The van der Waals surface area contributed by atoms with Crippen molar-refractivity contribution in [2.45, 2.75) is 95.9 Å². The first-order chi connectivity index (χ1) is 13.3. The van der Waals surface area contributed by atoms with Gasteiger partial charge in [0.25, 0.3) is 0 Å². The first kappa shape index (κ1) is 21.2. The standard InChI is InChI=1S/C22H37N3O3/c1-22(2,3)28-21(27)23-17-11-8-6-4-5-7-10-16-14-18(16)24-20(26)19-12-9-13-25(19)15-17/h7,10,16-19H,4-6,8-9,11-15H2,1-3H3,(H,23,27)(H,24,26)/b10-7-. The van der Waals surface area contributed by atoms with E-state index >= 15 is 0 Å². The van der Waals surface area contributed by atoms with Crippen LogP contribution in [0.4, 0.5) is 4.79 Å². The van der Waals surface area contributed by atoms with Crippen LogP contribution in [0.5, 0.6) is 0 Å². The fourth-order valence-corrected chi connectivity index (χ4v) is 4.28. The average molecular weight is 392 g/mol. The van der Waals surface area contributed by atoms with Gasteiger partial charge < -0.3 is 15.4 Å². The Morgan fingerprint density at radius 3 is 2.82 bits per heavy atom. The third kappa shape index (κ3) is 6.50. The molecule has 3 rings (SSSR count). The van der Waals surface area contributed by atoms with Crippen molar-refractivity contribution in [2.75, 3.05) is 13.1 Å². The molecule has 0 aromatic rings. The van der Waals surface area contributed by atoms with Crippen LogP contribution in [0.2, 0.25) is 0 Å². The van der Waals surface area contributed by atoms with Crippen molar-refractivity contribution in [1.82, 2.24) is 15.5 Å². The van der Waals surface area contributed by atoms with Gasteiger partial charge in [-0.3, -0.25) is 9.69 Å². The van der Waals surface area contributed by atoms with Crippen LogP contribution < -0.4 is 10.6 Å². The first-order valence-electron chi connectivity index (χ1n) is 11.0. The number of carbonyl (C=O) groups excluding carboxylic acids is 2. The van der Waals surface area contributed by atoms with Crippen molar-refractivity contribution >= 4 is 12.0 Å². The second-order valence-electron chi connectivity index (χ2n) is 9.58. The van der Waals surface area contributed by atoms with Gasteiger partial charge in [0.15, 0.2) is 0 Å². The molecule has 4 atom stereocenters. The summed E-state index contributed by atoms with van der Waals surface area (Å²) in [5.41, 5.74) is -0.507. The van der Waals surface area contributed by atoms with E-state index in [4.69, 9.17) is 4.74 Å². The fraction of sp³-hybridized carbons (Fsp3) is 0.818. The zero-order chi connectivity index (χ0) is 20.1. The predicted molar refractivity (Wildman–Crippen MR) is 110 cm³/mol. The van der Waals surface area contributed by atoms with Crippen molar-refractivity contribution < 1.29 is 14.3 Å². The van der Waals surface area contributed by atoms with Gasteiger partial charge in [-0.25, -0.2) is 4.79 Å². The summed E-state index contributed by atoms with van der Waals surface area (Å²) >= 11 is 0. The number of nitrogens with one attached hydrogen (secondary N) is 2. The van der Waals surface area contributed by atoms with Crippen LogP contribution in [0.15, 0.2) is 12.2 Å². The summed E-state index contributed by atoms with van der Waals surface area (Å²) in [5, 5.41) is 6.30. The van der Waals surface area contributed by atoms with E-state index in [-0.39, 0.29) is 24.1 Å². The molecule has 2 N–H and O–H groups in total. The van der Waals surface area contributed by atoms with Crippen molar-refractivity contribution in [3.8, 4) is 0 Å². The van der Waals surface area contributed by atoms with Gasteiger partial charge in [-0.15, -0.1) is 0 Å². The van der Waals surface area contributed by atoms with Crippen LogP contribution in [-0.4, -0.2) is 53.7 Å². The molecule has 1 saturated carbocycles. The molecule has 2 heterocycles. The highest BCUT2D eigenvalue weighted by molar-refractivity contribution is 5.82. The van der Waals surface area contributed by atoms with E-state index in [0.29, 0.717) is 18.5 Å².